The Morgan fingerprint density at radius 2 is 1.86 bits per heavy atom. The maximum absolute atomic E-state index is 12.7. The van der Waals surface area contributed by atoms with Crippen LogP contribution in [0.2, 0.25) is 0 Å². The van der Waals surface area contributed by atoms with Crippen molar-refractivity contribution in [2.45, 2.75) is 63.4 Å². The summed E-state index contributed by atoms with van der Waals surface area (Å²) in [6.07, 6.45) is 7.19. The lowest BCUT2D eigenvalue weighted by molar-refractivity contribution is -0.0494. The molecule has 1 heterocycles. The van der Waals surface area contributed by atoms with Gasteiger partial charge in [0.1, 0.15) is 0 Å². The lowest BCUT2D eigenvalue weighted by Gasteiger charge is -2.32. The summed E-state index contributed by atoms with van der Waals surface area (Å²) in [5.74, 6) is 3.24. The number of nitrogens with zero attached hydrogens (tertiary/aromatic N) is 2. The van der Waals surface area contributed by atoms with Crippen LogP contribution in [0, 0.1) is 17.8 Å². The summed E-state index contributed by atoms with van der Waals surface area (Å²) >= 11 is 0. The molecule has 1 aliphatic heterocycles. The van der Waals surface area contributed by atoms with Crippen LogP contribution in [0.4, 0.5) is 13.2 Å². The van der Waals surface area contributed by atoms with Gasteiger partial charge in [-0.2, -0.15) is 17.5 Å². The third-order valence-corrected chi connectivity index (χ3v) is 8.06. The molecule has 3 atom stereocenters. The van der Waals surface area contributed by atoms with E-state index in [1.807, 2.05) is 6.92 Å². The second-order valence-electron chi connectivity index (χ2n) is 8.25. The van der Waals surface area contributed by atoms with Crippen molar-refractivity contribution in [3.05, 3.63) is 0 Å². The quantitative estimate of drug-likeness (QED) is 0.508. The predicted octanol–water partition coefficient (Wildman–Crippen LogP) is 2.68. The Kier molecular flexibility index (Phi) is 6.79. The van der Waals surface area contributed by atoms with Crippen LogP contribution in [0.1, 0.15) is 51.9 Å². The number of hydrogen-bond acceptors (Lipinski definition) is 3. The number of hydrogen-bond donors (Lipinski definition) is 2. The molecule has 0 aromatic heterocycles. The highest BCUT2D eigenvalue weighted by Gasteiger charge is 2.50. The van der Waals surface area contributed by atoms with Gasteiger partial charge < -0.3 is 10.6 Å². The Morgan fingerprint density at radius 1 is 1.14 bits per heavy atom. The molecule has 0 aromatic carbocycles. The Hall–Kier alpha value is -1.03. The molecule has 2 saturated carbocycles. The molecule has 162 valence electrons. The number of rotatable bonds is 6. The summed E-state index contributed by atoms with van der Waals surface area (Å²) in [4.78, 5) is 4.64. The van der Waals surface area contributed by atoms with E-state index in [1.54, 1.807) is 0 Å². The van der Waals surface area contributed by atoms with Gasteiger partial charge >= 0.3 is 15.5 Å². The summed E-state index contributed by atoms with van der Waals surface area (Å²) in [6.45, 7) is 3.13. The normalized spacial score (nSPS) is 30.0. The van der Waals surface area contributed by atoms with E-state index in [-0.39, 0.29) is 19.1 Å². The first-order valence-electron chi connectivity index (χ1n) is 10.3. The van der Waals surface area contributed by atoms with E-state index in [2.05, 4.69) is 15.6 Å². The molecule has 2 bridgehead atoms. The van der Waals surface area contributed by atoms with Crippen molar-refractivity contribution in [3.63, 3.8) is 0 Å². The van der Waals surface area contributed by atoms with Gasteiger partial charge in [0, 0.05) is 32.2 Å². The van der Waals surface area contributed by atoms with Gasteiger partial charge in [0.25, 0.3) is 0 Å². The first kappa shape index (κ1) is 21.7. The monoisotopic (exact) mass is 424 g/mol. The number of guanidine groups is 1. The van der Waals surface area contributed by atoms with E-state index in [0.717, 1.165) is 30.7 Å². The van der Waals surface area contributed by atoms with Gasteiger partial charge in [0.2, 0.25) is 0 Å². The number of fused-ring (bicyclic) bond motifs is 2. The molecule has 2 N–H and O–H groups in total. The average molecular weight is 425 g/mol. The average Bonchev–Trinajstić information content (AvgIpc) is 3.24. The third kappa shape index (κ3) is 4.93. The minimum Gasteiger partial charge on any atom is -0.357 e. The molecule has 3 unspecified atom stereocenters. The molecule has 0 spiro atoms. The molecular weight excluding hydrogens is 393 g/mol. The van der Waals surface area contributed by atoms with E-state index in [1.165, 1.54) is 25.7 Å². The van der Waals surface area contributed by atoms with Gasteiger partial charge in [-0.15, -0.1) is 0 Å². The van der Waals surface area contributed by atoms with Gasteiger partial charge in [0.05, 0.1) is 0 Å². The molecule has 0 amide bonds. The van der Waals surface area contributed by atoms with Crippen LogP contribution in [-0.2, 0) is 10.0 Å². The predicted molar refractivity (Wildman–Crippen MR) is 102 cm³/mol. The van der Waals surface area contributed by atoms with E-state index in [9.17, 15) is 21.6 Å². The maximum atomic E-state index is 12.7. The highest BCUT2D eigenvalue weighted by molar-refractivity contribution is 7.90. The van der Waals surface area contributed by atoms with E-state index in [4.69, 9.17) is 0 Å². The summed E-state index contributed by atoms with van der Waals surface area (Å²) < 4.78 is 61.6. The molecule has 0 aromatic rings. The van der Waals surface area contributed by atoms with Crippen molar-refractivity contribution in [1.29, 1.82) is 0 Å². The van der Waals surface area contributed by atoms with Crippen molar-refractivity contribution in [3.8, 4) is 0 Å². The van der Waals surface area contributed by atoms with Crippen LogP contribution in [0.25, 0.3) is 0 Å². The van der Waals surface area contributed by atoms with Crippen LogP contribution < -0.4 is 10.6 Å². The van der Waals surface area contributed by atoms with E-state index >= 15 is 0 Å². The first-order valence-corrected chi connectivity index (χ1v) is 11.8. The Balaban J connectivity index is 1.47. The number of nitrogens with one attached hydrogen (secondary N) is 2. The standard InChI is InChI=1S/C18H31F3N4O2S/c1-2-22-17(23-8-5-15-12-13-3-4-14(15)11-13)24-16-6-9-25(10-7-16)28(26,27)18(19,20)21/h13-16H,2-12H2,1H3,(H2,22,23,24). The minimum atomic E-state index is -5.23. The van der Waals surface area contributed by atoms with Crippen molar-refractivity contribution < 1.29 is 21.6 Å². The van der Waals surface area contributed by atoms with Crippen LogP contribution in [0.15, 0.2) is 4.99 Å². The fourth-order valence-electron chi connectivity index (χ4n) is 4.97. The second kappa shape index (κ2) is 8.77. The molecule has 28 heavy (non-hydrogen) atoms. The maximum Gasteiger partial charge on any atom is 0.511 e. The fraction of sp³-hybridized carbons (Fsp3) is 0.944. The highest BCUT2D eigenvalue weighted by atomic mass is 32.2. The second-order valence-corrected chi connectivity index (χ2v) is 10.2. The minimum absolute atomic E-state index is 0.0834. The molecule has 10 heteroatoms. The molecule has 0 radical (unpaired) electrons. The van der Waals surface area contributed by atoms with Crippen LogP contribution >= 0.6 is 0 Å². The number of halogens is 3. The van der Waals surface area contributed by atoms with Gasteiger partial charge in [-0.3, -0.25) is 4.99 Å². The number of sulfonamides is 1. The van der Waals surface area contributed by atoms with Gasteiger partial charge in [-0.25, -0.2) is 8.42 Å². The molecule has 2 aliphatic carbocycles. The molecule has 3 fully saturated rings. The Bertz CT molecular complexity index is 660. The highest BCUT2D eigenvalue weighted by Crippen LogP contribution is 2.49. The lowest BCUT2D eigenvalue weighted by Crippen LogP contribution is -2.51. The zero-order chi connectivity index (χ0) is 20.4. The number of alkyl halides is 3. The smallest absolute Gasteiger partial charge is 0.357 e. The van der Waals surface area contributed by atoms with E-state index in [0.29, 0.717) is 29.7 Å². The van der Waals surface area contributed by atoms with E-state index < -0.39 is 15.5 Å². The van der Waals surface area contributed by atoms with Crippen molar-refractivity contribution >= 4 is 16.0 Å². The van der Waals surface area contributed by atoms with Crippen molar-refractivity contribution in [1.82, 2.24) is 14.9 Å². The zero-order valence-electron chi connectivity index (χ0n) is 16.3. The SMILES string of the molecule is CCNC(=NCCC1CC2CCC1C2)NC1CCN(S(=O)(=O)C(F)(F)F)CC1. The Labute approximate surface area is 165 Å². The van der Waals surface area contributed by atoms with Crippen LogP contribution in [0.5, 0.6) is 0 Å². The van der Waals surface area contributed by atoms with Crippen molar-refractivity contribution in [2.24, 2.45) is 22.7 Å². The fourth-order valence-corrected chi connectivity index (χ4v) is 5.96. The van der Waals surface area contributed by atoms with Gasteiger partial charge in [-0.1, -0.05) is 6.42 Å². The largest absolute Gasteiger partial charge is 0.511 e. The van der Waals surface area contributed by atoms with Crippen LogP contribution in [-0.4, -0.2) is 56.4 Å². The number of aliphatic imine (C=N–C) groups is 1. The summed E-state index contributed by atoms with van der Waals surface area (Å²) in [7, 11) is -5.23. The van der Waals surface area contributed by atoms with Crippen molar-refractivity contribution in [2.75, 3.05) is 26.2 Å². The summed E-state index contributed by atoms with van der Waals surface area (Å²) in [5.41, 5.74) is -5.23. The molecule has 3 rings (SSSR count). The Morgan fingerprint density at radius 3 is 2.39 bits per heavy atom. The summed E-state index contributed by atoms with van der Waals surface area (Å²) in [6, 6.07) is -0.0834. The molecule has 1 saturated heterocycles. The lowest BCUT2D eigenvalue weighted by atomic mass is 9.86. The topological polar surface area (TPSA) is 73.8 Å². The van der Waals surface area contributed by atoms with Crippen LogP contribution in [0.3, 0.4) is 0 Å². The zero-order valence-corrected chi connectivity index (χ0v) is 17.2. The summed E-state index contributed by atoms with van der Waals surface area (Å²) in [5, 5.41) is 6.45. The number of piperidine rings is 1. The first-order chi connectivity index (χ1) is 13.2. The van der Waals surface area contributed by atoms with Gasteiger partial charge in [-0.05, 0) is 63.2 Å². The molecular formula is C18H31F3N4O2S. The third-order valence-electron chi connectivity index (χ3n) is 6.43. The molecule has 6 nitrogen and oxygen atoms in total. The molecule has 3 aliphatic rings. The van der Waals surface area contributed by atoms with Gasteiger partial charge in [0.15, 0.2) is 5.96 Å².